The molecule has 0 unspecified atom stereocenters. The van der Waals surface area contributed by atoms with Gasteiger partial charge in [0.25, 0.3) is 5.56 Å². The maximum Gasteiger partial charge on any atom is 0.252 e. The molecule has 0 saturated carbocycles. The normalized spacial score (nSPS) is 23.5. The van der Waals surface area contributed by atoms with E-state index < -0.39 is 0 Å². The summed E-state index contributed by atoms with van der Waals surface area (Å²) in [6.07, 6.45) is 1.56. The van der Waals surface area contributed by atoms with Gasteiger partial charge in [-0.25, -0.2) is 0 Å². The van der Waals surface area contributed by atoms with E-state index in [1.54, 1.807) is 0 Å². The molecule has 6 heteroatoms. The summed E-state index contributed by atoms with van der Waals surface area (Å²) >= 11 is 0. The molecule has 25 heavy (non-hydrogen) atoms. The fraction of sp³-hybridized carbons (Fsp3) is 0.474. The molecule has 132 valence electrons. The second-order valence-corrected chi connectivity index (χ2v) is 6.97. The number of aromatic amines is 1. The van der Waals surface area contributed by atoms with Gasteiger partial charge in [0.05, 0.1) is 6.61 Å². The summed E-state index contributed by atoms with van der Waals surface area (Å²) in [7, 11) is 0. The predicted octanol–water partition coefficient (Wildman–Crippen LogP) is 1.64. The molecule has 2 atom stereocenters. The van der Waals surface area contributed by atoms with E-state index >= 15 is 0 Å². The quantitative estimate of drug-likeness (QED) is 0.887. The minimum atomic E-state index is -0.0422. The Hall–Kier alpha value is -2.34. The van der Waals surface area contributed by atoms with Crippen LogP contribution in [0.15, 0.2) is 29.1 Å². The van der Waals surface area contributed by atoms with Gasteiger partial charge in [-0.1, -0.05) is 0 Å². The minimum absolute atomic E-state index is 0.0422. The summed E-state index contributed by atoms with van der Waals surface area (Å²) in [4.78, 5) is 29.2. The molecule has 2 aliphatic heterocycles. The SMILES string of the molecule is CCOc1ccc2[nH]c(=O)c(CN3CC[C@@H]4NC(=O)C[C@@H]4C3)cc2c1. The molecule has 0 bridgehead atoms. The zero-order valence-electron chi connectivity index (χ0n) is 14.4. The van der Waals surface area contributed by atoms with E-state index in [1.165, 1.54) is 0 Å². The van der Waals surface area contributed by atoms with E-state index in [0.717, 1.165) is 41.7 Å². The molecular weight excluding hydrogens is 318 g/mol. The third kappa shape index (κ3) is 3.26. The van der Waals surface area contributed by atoms with Crippen LogP contribution in [-0.2, 0) is 11.3 Å². The number of aromatic nitrogens is 1. The molecule has 6 nitrogen and oxygen atoms in total. The molecule has 1 aromatic heterocycles. The largest absolute Gasteiger partial charge is 0.494 e. The number of H-pyrrole nitrogens is 1. The molecule has 1 amide bonds. The summed E-state index contributed by atoms with van der Waals surface area (Å²) < 4.78 is 5.55. The highest BCUT2D eigenvalue weighted by Crippen LogP contribution is 2.26. The molecule has 0 aliphatic carbocycles. The summed E-state index contributed by atoms with van der Waals surface area (Å²) in [6, 6.07) is 7.99. The Kier molecular flexibility index (Phi) is 4.21. The number of carbonyl (C=O) groups is 1. The average Bonchev–Trinajstić information content (AvgIpc) is 2.95. The summed E-state index contributed by atoms with van der Waals surface area (Å²) in [6.45, 7) is 4.94. The van der Waals surface area contributed by atoms with Crippen molar-refractivity contribution in [2.75, 3.05) is 19.7 Å². The van der Waals surface area contributed by atoms with Gasteiger partial charge in [-0.2, -0.15) is 0 Å². The van der Waals surface area contributed by atoms with Crippen molar-refractivity contribution >= 4 is 16.8 Å². The topological polar surface area (TPSA) is 74.4 Å². The zero-order valence-corrected chi connectivity index (χ0v) is 14.4. The smallest absolute Gasteiger partial charge is 0.252 e. The predicted molar refractivity (Wildman–Crippen MR) is 95.7 cm³/mol. The van der Waals surface area contributed by atoms with E-state index in [4.69, 9.17) is 4.74 Å². The molecule has 4 rings (SSSR count). The Morgan fingerprint density at radius 1 is 1.28 bits per heavy atom. The molecule has 3 heterocycles. The van der Waals surface area contributed by atoms with Crippen molar-refractivity contribution < 1.29 is 9.53 Å². The number of fused-ring (bicyclic) bond motifs is 2. The van der Waals surface area contributed by atoms with Crippen LogP contribution in [0, 0.1) is 5.92 Å². The van der Waals surface area contributed by atoms with Crippen molar-refractivity contribution in [2.45, 2.75) is 32.4 Å². The lowest BCUT2D eigenvalue weighted by Crippen LogP contribution is -2.44. The van der Waals surface area contributed by atoms with Crippen LogP contribution in [0.4, 0.5) is 0 Å². The number of hydrogen-bond donors (Lipinski definition) is 2. The fourth-order valence-electron chi connectivity index (χ4n) is 4.00. The van der Waals surface area contributed by atoms with Crippen molar-refractivity contribution in [3.8, 4) is 5.75 Å². The van der Waals surface area contributed by atoms with E-state index in [2.05, 4.69) is 15.2 Å². The van der Waals surface area contributed by atoms with E-state index in [-0.39, 0.29) is 11.5 Å². The third-order valence-electron chi connectivity index (χ3n) is 5.21. The molecule has 2 fully saturated rings. The van der Waals surface area contributed by atoms with Crippen LogP contribution in [0.25, 0.3) is 10.9 Å². The van der Waals surface area contributed by atoms with Gasteiger partial charge in [-0.15, -0.1) is 0 Å². The summed E-state index contributed by atoms with van der Waals surface area (Å²) in [5.74, 6) is 1.33. The maximum atomic E-state index is 12.4. The van der Waals surface area contributed by atoms with E-state index in [1.807, 2.05) is 31.2 Å². The Balaban J connectivity index is 1.55. The molecule has 0 spiro atoms. The molecular formula is C19H23N3O3. The second kappa shape index (κ2) is 6.52. The Morgan fingerprint density at radius 2 is 2.16 bits per heavy atom. The van der Waals surface area contributed by atoms with Gasteiger partial charge >= 0.3 is 0 Å². The monoisotopic (exact) mass is 341 g/mol. The lowest BCUT2D eigenvalue weighted by molar-refractivity contribution is -0.119. The first-order chi connectivity index (χ1) is 12.1. The number of benzene rings is 1. The standard InChI is InChI=1S/C19H23N3O3/c1-2-25-15-3-4-16-12(8-15)7-14(19(24)21-16)11-22-6-5-17-13(10-22)9-18(23)20-17/h3-4,7-8,13,17H,2,5-6,9-11H2,1H3,(H,20,23)(H,21,24)/t13-,17+/m1/s1. The van der Waals surface area contributed by atoms with Gasteiger partial charge in [0.1, 0.15) is 5.75 Å². The molecule has 2 aliphatic rings. The highest BCUT2D eigenvalue weighted by atomic mass is 16.5. The Bertz CT molecular complexity index is 861. The first-order valence-electron chi connectivity index (χ1n) is 8.93. The summed E-state index contributed by atoms with van der Waals surface area (Å²) in [5.41, 5.74) is 1.54. The zero-order chi connectivity index (χ0) is 17.4. The van der Waals surface area contributed by atoms with Crippen molar-refractivity contribution in [1.29, 1.82) is 0 Å². The minimum Gasteiger partial charge on any atom is -0.494 e. The highest BCUT2D eigenvalue weighted by molar-refractivity contribution is 5.80. The Labute approximate surface area is 146 Å². The first kappa shape index (κ1) is 16.1. The average molecular weight is 341 g/mol. The van der Waals surface area contributed by atoms with Crippen LogP contribution in [0.2, 0.25) is 0 Å². The fourth-order valence-corrected chi connectivity index (χ4v) is 4.00. The van der Waals surface area contributed by atoms with Crippen molar-refractivity contribution in [3.05, 3.63) is 40.2 Å². The molecule has 2 saturated heterocycles. The molecule has 0 radical (unpaired) electrons. The molecule has 2 N–H and O–H groups in total. The van der Waals surface area contributed by atoms with Gasteiger partial charge in [0.15, 0.2) is 0 Å². The number of rotatable bonds is 4. The van der Waals surface area contributed by atoms with Crippen LogP contribution in [-0.4, -0.2) is 41.5 Å². The number of nitrogens with one attached hydrogen (secondary N) is 2. The number of ether oxygens (including phenoxy) is 1. The second-order valence-electron chi connectivity index (χ2n) is 6.97. The van der Waals surface area contributed by atoms with Crippen molar-refractivity contribution in [1.82, 2.24) is 15.2 Å². The van der Waals surface area contributed by atoms with Crippen LogP contribution < -0.4 is 15.6 Å². The van der Waals surface area contributed by atoms with E-state index in [0.29, 0.717) is 31.5 Å². The third-order valence-corrected chi connectivity index (χ3v) is 5.21. The van der Waals surface area contributed by atoms with Crippen LogP contribution in [0.5, 0.6) is 5.75 Å². The van der Waals surface area contributed by atoms with Crippen LogP contribution in [0.1, 0.15) is 25.3 Å². The van der Waals surface area contributed by atoms with Gasteiger partial charge in [-0.05, 0) is 37.6 Å². The van der Waals surface area contributed by atoms with Crippen LogP contribution >= 0.6 is 0 Å². The number of amides is 1. The number of hydrogen-bond acceptors (Lipinski definition) is 4. The number of nitrogens with zero attached hydrogens (tertiary/aromatic N) is 1. The summed E-state index contributed by atoms with van der Waals surface area (Å²) in [5, 5.41) is 4.03. The lowest BCUT2D eigenvalue weighted by atomic mass is 9.93. The van der Waals surface area contributed by atoms with Gasteiger partial charge in [0.2, 0.25) is 5.91 Å². The van der Waals surface area contributed by atoms with Gasteiger partial charge in [0, 0.05) is 54.5 Å². The first-order valence-corrected chi connectivity index (χ1v) is 8.93. The van der Waals surface area contributed by atoms with Gasteiger partial charge in [-0.3, -0.25) is 14.5 Å². The maximum absolute atomic E-state index is 12.4. The Morgan fingerprint density at radius 3 is 3.00 bits per heavy atom. The molecule has 2 aromatic rings. The number of carbonyl (C=O) groups excluding carboxylic acids is 1. The van der Waals surface area contributed by atoms with Crippen molar-refractivity contribution in [2.24, 2.45) is 5.92 Å². The number of piperidine rings is 1. The highest BCUT2D eigenvalue weighted by Gasteiger charge is 2.36. The number of likely N-dealkylation sites (tertiary alicyclic amines) is 1. The van der Waals surface area contributed by atoms with Crippen molar-refractivity contribution in [3.63, 3.8) is 0 Å². The number of pyridine rings is 1. The van der Waals surface area contributed by atoms with Gasteiger partial charge < -0.3 is 15.0 Å². The lowest BCUT2D eigenvalue weighted by Gasteiger charge is -2.34. The van der Waals surface area contributed by atoms with E-state index in [9.17, 15) is 9.59 Å². The van der Waals surface area contributed by atoms with Crippen LogP contribution in [0.3, 0.4) is 0 Å². The molecule has 1 aromatic carbocycles.